The molecule has 0 unspecified atom stereocenters. The first-order valence-corrected chi connectivity index (χ1v) is 7.85. The molecule has 0 N–H and O–H groups in total. The number of benzene rings is 1. The van der Waals surface area contributed by atoms with Gasteiger partial charge in [0.25, 0.3) is 0 Å². The van der Waals surface area contributed by atoms with E-state index in [-0.39, 0.29) is 10.0 Å². The molecule has 1 heterocycles. The molecule has 4 nitrogen and oxygen atoms in total. The van der Waals surface area contributed by atoms with E-state index in [2.05, 4.69) is 4.98 Å². The Morgan fingerprint density at radius 3 is 2.65 bits per heavy atom. The molecule has 0 aliphatic carbocycles. The van der Waals surface area contributed by atoms with Crippen LogP contribution in [0.15, 0.2) is 47.5 Å². The van der Waals surface area contributed by atoms with Crippen molar-refractivity contribution in [3.8, 4) is 0 Å². The zero-order chi connectivity index (χ0) is 14.8. The van der Waals surface area contributed by atoms with Crippen LogP contribution in [-0.4, -0.2) is 24.8 Å². The van der Waals surface area contributed by atoms with Crippen molar-refractivity contribution in [2.24, 2.45) is 0 Å². The second kappa shape index (κ2) is 5.91. The van der Waals surface area contributed by atoms with Gasteiger partial charge in [0, 0.05) is 19.8 Å². The minimum atomic E-state index is -3.56. The highest BCUT2D eigenvalue weighted by Gasteiger charge is 2.21. The lowest BCUT2D eigenvalue weighted by Crippen LogP contribution is -2.26. The fourth-order valence-corrected chi connectivity index (χ4v) is 3.29. The van der Waals surface area contributed by atoms with Crippen molar-refractivity contribution >= 4 is 21.6 Å². The molecule has 0 amide bonds. The summed E-state index contributed by atoms with van der Waals surface area (Å²) in [5, 5.41) is 0.162. The summed E-state index contributed by atoms with van der Waals surface area (Å²) in [6, 6.07) is 10.5. The van der Waals surface area contributed by atoms with E-state index in [0.717, 1.165) is 11.1 Å². The molecular weight excluding hydrogens is 296 g/mol. The zero-order valence-corrected chi connectivity index (χ0v) is 12.8. The molecule has 0 aliphatic rings. The van der Waals surface area contributed by atoms with E-state index in [4.69, 9.17) is 11.6 Å². The maximum absolute atomic E-state index is 12.4. The summed E-state index contributed by atoms with van der Waals surface area (Å²) in [6.45, 7) is 2.28. The van der Waals surface area contributed by atoms with Crippen molar-refractivity contribution < 1.29 is 8.42 Å². The summed E-state index contributed by atoms with van der Waals surface area (Å²) in [6.07, 6.45) is 1.38. The van der Waals surface area contributed by atoms with Crippen LogP contribution >= 0.6 is 11.6 Å². The summed E-state index contributed by atoms with van der Waals surface area (Å²) in [7, 11) is -2.02. The van der Waals surface area contributed by atoms with E-state index in [1.165, 1.54) is 22.6 Å². The summed E-state index contributed by atoms with van der Waals surface area (Å²) in [5.74, 6) is 0. The zero-order valence-electron chi connectivity index (χ0n) is 11.2. The Morgan fingerprint density at radius 2 is 2.00 bits per heavy atom. The van der Waals surface area contributed by atoms with Crippen molar-refractivity contribution in [3.05, 3.63) is 58.9 Å². The van der Waals surface area contributed by atoms with Crippen LogP contribution in [-0.2, 0) is 16.6 Å². The molecule has 0 atom stereocenters. The topological polar surface area (TPSA) is 50.3 Å². The smallest absolute Gasteiger partial charge is 0.243 e. The van der Waals surface area contributed by atoms with Gasteiger partial charge >= 0.3 is 0 Å². The minimum absolute atomic E-state index is 0.146. The van der Waals surface area contributed by atoms with E-state index < -0.39 is 10.0 Å². The van der Waals surface area contributed by atoms with Crippen molar-refractivity contribution in [1.82, 2.24) is 9.29 Å². The number of halogens is 1. The average molecular weight is 311 g/mol. The van der Waals surface area contributed by atoms with Crippen LogP contribution < -0.4 is 0 Å². The highest BCUT2D eigenvalue weighted by Crippen LogP contribution is 2.19. The van der Waals surface area contributed by atoms with Crippen LogP contribution in [0.25, 0.3) is 0 Å². The molecule has 0 radical (unpaired) electrons. The highest BCUT2D eigenvalue weighted by atomic mass is 35.5. The number of aryl methyl sites for hydroxylation is 1. The predicted molar refractivity (Wildman–Crippen MR) is 79.1 cm³/mol. The third-order valence-corrected chi connectivity index (χ3v) is 4.90. The molecule has 0 saturated carbocycles. The van der Waals surface area contributed by atoms with E-state index in [1.807, 2.05) is 31.2 Å². The number of nitrogens with zero attached hydrogens (tertiary/aromatic N) is 2. The molecule has 20 heavy (non-hydrogen) atoms. The fraction of sp³-hybridized carbons (Fsp3) is 0.214. The first kappa shape index (κ1) is 15.0. The Bertz CT molecular complexity index is 717. The first-order chi connectivity index (χ1) is 9.39. The molecule has 0 spiro atoms. The van der Waals surface area contributed by atoms with Crippen LogP contribution in [0, 0.1) is 6.92 Å². The molecule has 0 saturated heterocycles. The molecular formula is C14H15ClN2O2S. The fourth-order valence-electron chi connectivity index (χ4n) is 1.88. The normalized spacial score (nSPS) is 11.8. The molecule has 2 rings (SSSR count). The highest BCUT2D eigenvalue weighted by molar-refractivity contribution is 7.89. The summed E-state index contributed by atoms with van der Waals surface area (Å²) in [5.41, 5.74) is 2.04. The molecule has 2 aromatic rings. The Labute approximate surface area is 124 Å². The number of aromatic nitrogens is 1. The van der Waals surface area contributed by atoms with Gasteiger partial charge in [-0.25, -0.2) is 13.4 Å². The van der Waals surface area contributed by atoms with Crippen molar-refractivity contribution in [2.45, 2.75) is 18.4 Å². The number of sulfonamides is 1. The Morgan fingerprint density at radius 1 is 1.25 bits per heavy atom. The van der Waals surface area contributed by atoms with Gasteiger partial charge in [-0.3, -0.25) is 0 Å². The summed E-state index contributed by atoms with van der Waals surface area (Å²) in [4.78, 5) is 3.94. The number of pyridine rings is 1. The lowest BCUT2D eigenvalue weighted by molar-refractivity contribution is 0.466. The van der Waals surface area contributed by atoms with Gasteiger partial charge in [0.2, 0.25) is 10.0 Å². The SMILES string of the molecule is Cc1cccc(CN(C)S(=O)(=O)c2ccnc(Cl)c2)c1. The average Bonchev–Trinajstić information content (AvgIpc) is 2.38. The second-order valence-electron chi connectivity index (χ2n) is 4.56. The number of hydrogen-bond donors (Lipinski definition) is 0. The Hall–Kier alpha value is -1.43. The van der Waals surface area contributed by atoms with Crippen molar-refractivity contribution in [1.29, 1.82) is 0 Å². The van der Waals surface area contributed by atoms with E-state index >= 15 is 0 Å². The van der Waals surface area contributed by atoms with Gasteiger partial charge in [-0.1, -0.05) is 41.4 Å². The summed E-state index contributed by atoms with van der Waals surface area (Å²) < 4.78 is 26.1. The summed E-state index contributed by atoms with van der Waals surface area (Å²) >= 11 is 5.74. The second-order valence-corrected chi connectivity index (χ2v) is 7.00. The van der Waals surface area contributed by atoms with E-state index in [0.29, 0.717) is 6.54 Å². The van der Waals surface area contributed by atoms with Gasteiger partial charge in [0.1, 0.15) is 5.15 Å². The van der Waals surface area contributed by atoms with Gasteiger partial charge in [-0.15, -0.1) is 0 Å². The molecule has 0 aliphatic heterocycles. The van der Waals surface area contributed by atoms with Gasteiger partial charge in [0.15, 0.2) is 0 Å². The lowest BCUT2D eigenvalue weighted by atomic mass is 10.1. The first-order valence-electron chi connectivity index (χ1n) is 6.03. The monoisotopic (exact) mass is 310 g/mol. The van der Waals surface area contributed by atoms with Crippen LogP contribution in [0.1, 0.15) is 11.1 Å². The van der Waals surface area contributed by atoms with Gasteiger partial charge in [-0.2, -0.15) is 4.31 Å². The molecule has 0 bridgehead atoms. The Balaban J connectivity index is 2.26. The van der Waals surface area contributed by atoms with E-state index in [9.17, 15) is 8.42 Å². The van der Waals surface area contributed by atoms with Crippen LogP contribution in [0.5, 0.6) is 0 Å². The molecule has 1 aromatic heterocycles. The van der Waals surface area contributed by atoms with Crippen LogP contribution in [0.3, 0.4) is 0 Å². The third-order valence-electron chi connectivity index (χ3n) is 2.89. The standard InChI is InChI=1S/C14H15ClN2O2S/c1-11-4-3-5-12(8-11)10-17(2)20(18,19)13-6-7-16-14(15)9-13/h3-9H,10H2,1-2H3. The van der Waals surface area contributed by atoms with Crippen molar-refractivity contribution in [3.63, 3.8) is 0 Å². The van der Waals surface area contributed by atoms with Crippen LogP contribution in [0.4, 0.5) is 0 Å². The largest absolute Gasteiger partial charge is 0.244 e. The maximum Gasteiger partial charge on any atom is 0.243 e. The number of rotatable bonds is 4. The van der Waals surface area contributed by atoms with Gasteiger partial charge < -0.3 is 0 Å². The van der Waals surface area contributed by atoms with Crippen LogP contribution in [0.2, 0.25) is 5.15 Å². The molecule has 0 fully saturated rings. The van der Waals surface area contributed by atoms with Gasteiger partial charge in [0.05, 0.1) is 4.90 Å². The molecule has 106 valence electrons. The molecule has 6 heteroatoms. The lowest BCUT2D eigenvalue weighted by Gasteiger charge is -2.17. The minimum Gasteiger partial charge on any atom is -0.244 e. The maximum atomic E-state index is 12.4. The van der Waals surface area contributed by atoms with Crippen molar-refractivity contribution in [2.75, 3.05) is 7.05 Å². The van der Waals surface area contributed by atoms with E-state index in [1.54, 1.807) is 7.05 Å². The molecule has 1 aromatic carbocycles. The number of hydrogen-bond acceptors (Lipinski definition) is 3. The third kappa shape index (κ3) is 3.36. The quantitative estimate of drug-likeness (QED) is 0.816. The predicted octanol–water partition coefficient (Wildman–Crippen LogP) is 2.86. The Kier molecular flexibility index (Phi) is 4.42. The van der Waals surface area contributed by atoms with Gasteiger partial charge in [-0.05, 0) is 24.6 Å².